The van der Waals surface area contributed by atoms with Gasteiger partial charge in [-0.15, -0.1) is 0 Å². The molecule has 0 radical (unpaired) electrons. The highest BCUT2D eigenvalue weighted by Crippen LogP contribution is 2.29. The smallest absolute Gasteiger partial charge is 0.339 e. The van der Waals surface area contributed by atoms with E-state index in [1.807, 2.05) is 24.3 Å². The van der Waals surface area contributed by atoms with Crippen LogP contribution in [0.4, 0.5) is 22.9 Å². The third kappa shape index (κ3) is 3.68. The first-order valence-electron chi connectivity index (χ1n) is 7.93. The van der Waals surface area contributed by atoms with Gasteiger partial charge in [0.1, 0.15) is 0 Å². The zero-order chi connectivity index (χ0) is 17.8. The number of hydrogen-bond donors (Lipinski definition) is 1. The van der Waals surface area contributed by atoms with Crippen molar-refractivity contribution in [3.63, 3.8) is 0 Å². The quantitative estimate of drug-likeness (QED) is 0.506. The first kappa shape index (κ1) is 16.7. The van der Waals surface area contributed by atoms with E-state index < -0.39 is 10.9 Å². The number of benzene rings is 1. The number of hydrogen-bond acceptors (Lipinski definition) is 7. The summed E-state index contributed by atoms with van der Waals surface area (Å²) in [5.74, 6) is -0.589. The zero-order valence-electron chi connectivity index (χ0n) is 13.8. The fraction of sp³-hybridized carbons (Fsp3) is 0.294. The van der Waals surface area contributed by atoms with Crippen LogP contribution in [-0.2, 0) is 4.74 Å². The zero-order valence-corrected chi connectivity index (χ0v) is 13.8. The maximum Gasteiger partial charge on any atom is 0.339 e. The molecule has 0 atom stereocenters. The summed E-state index contributed by atoms with van der Waals surface area (Å²) in [5, 5.41) is 14.3. The number of nitrogens with zero attached hydrogens (tertiary/aromatic N) is 3. The van der Waals surface area contributed by atoms with Gasteiger partial charge in [-0.3, -0.25) is 10.1 Å². The molecule has 0 bridgehead atoms. The van der Waals surface area contributed by atoms with Crippen LogP contribution in [0.1, 0.15) is 23.2 Å². The molecule has 1 N–H and O–H groups in total. The second-order valence-electron chi connectivity index (χ2n) is 5.71. The third-order valence-electron chi connectivity index (χ3n) is 4.07. The number of pyridine rings is 1. The van der Waals surface area contributed by atoms with E-state index in [4.69, 9.17) is 0 Å². The molecule has 1 aliphatic heterocycles. The number of carbonyl (C=O) groups is 1. The van der Waals surface area contributed by atoms with Crippen molar-refractivity contribution in [1.29, 1.82) is 0 Å². The Bertz CT molecular complexity index is 803. The lowest BCUT2D eigenvalue weighted by molar-refractivity contribution is -0.384. The number of nitrogens with one attached hydrogen (secondary N) is 1. The molecule has 0 amide bonds. The normalized spacial score (nSPS) is 13.6. The molecule has 0 unspecified atom stereocenters. The Hall–Kier alpha value is -3.16. The van der Waals surface area contributed by atoms with Crippen LogP contribution in [0.5, 0.6) is 0 Å². The number of esters is 1. The molecule has 25 heavy (non-hydrogen) atoms. The molecule has 130 valence electrons. The molecule has 0 spiro atoms. The first-order valence-corrected chi connectivity index (χ1v) is 7.93. The van der Waals surface area contributed by atoms with Crippen LogP contribution in [0.3, 0.4) is 0 Å². The van der Waals surface area contributed by atoms with E-state index in [0.29, 0.717) is 5.69 Å². The van der Waals surface area contributed by atoms with E-state index in [1.54, 1.807) is 0 Å². The van der Waals surface area contributed by atoms with Gasteiger partial charge in [0, 0.05) is 36.7 Å². The molecule has 1 fully saturated rings. The Labute approximate surface area is 144 Å². The van der Waals surface area contributed by atoms with Crippen molar-refractivity contribution in [1.82, 2.24) is 4.98 Å². The molecule has 1 aromatic carbocycles. The Kier molecular flexibility index (Phi) is 4.78. The van der Waals surface area contributed by atoms with Crippen LogP contribution in [0.15, 0.2) is 36.5 Å². The van der Waals surface area contributed by atoms with Gasteiger partial charge in [0.15, 0.2) is 0 Å². The summed E-state index contributed by atoms with van der Waals surface area (Å²) >= 11 is 0. The predicted molar refractivity (Wildman–Crippen MR) is 93.4 cm³/mol. The lowest BCUT2D eigenvalue weighted by atomic mass is 10.2. The van der Waals surface area contributed by atoms with E-state index in [0.717, 1.165) is 24.8 Å². The standard InChI is InChI=1S/C17H18N4O4/c1-25-17(22)12-9-15(21(23)24)16(18-11-12)19-13-5-4-6-14(10-13)20-7-2-3-8-20/h4-6,9-11H,2-3,7-8H2,1H3,(H,18,19). The minimum atomic E-state index is -0.668. The monoisotopic (exact) mass is 342 g/mol. The summed E-state index contributed by atoms with van der Waals surface area (Å²) in [6.45, 7) is 2.02. The van der Waals surface area contributed by atoms with Crippen LogP contribution in [0.2, 0.25) is 0 Å². The van der Waals surface area contributed by atoms with Crippen LogP contribution < -0.4 is 10.2 Å². The van der Waals surface area contributed by atoms with E-state index >= 15 is 0 Å². The van der Waals surface area contributed by atoms with E-state index in [9.17, 15) is 14.9 Å². The summed E-state index contributed by atoms with van der Waals surface area (Å²) < 4.78 is 4.57. The number of rotatable bonds is 5. The fourth-order valence-corrected chi connectivity index (χ4v) is 2.81. The van der Waals surface area contributed by atoms with Crippen molar-refractivity contribution in [2.45, 2.75) is 12.8 Å². The molecule has 8 heteroatoms. The summed E-state index contributed by atoms with van der Waals surface area (Å²) in [7, 11) is 1.21. The topological polar surface area (TPSA) is 97.6 Å². The molecule has 1 aliphatic rings. The van der Waals surface area contributed by atoms with Crippen LogP contribution in [0.25, 0.3) is 0 Å². The van der Waals surface area contributed by atoms with Crippen LogP contribution in [0, 0.1) is 10.1 Å². The van der Waals surface area contributed by atoms with E-state index in [2.05, 4.69) is 19.9 Å². The van der Waals surface area contributed by atoms with Crippen LogP contribution in [-0.4, -0.2) is 36.1 Å². The van der Waals surface area contributed by atoms with Gasteiger partial charge in [-0.1, -0.05) is 6.07 Å². The largest absolute Gasteiger partial charge is 0.465 e. The van der Waals surface area contributed by atoms with Gasteiger partial charge in [0.05, 0.1) is 17.6 Å². The van der Waals surface area contributed by atoms with Crippen LogP contribution >= 0.6 is 0 Å². The molecule has 1 saturated heterocycles. The maximum absolute atomic E-state index is 11.5. The molecule has 2 aromatic rings. The van der Waals surface area contributed by atoms with E-state index in [1.165, 1.54) is 26.1 Å². The van der Waals surface area contributed by atoms with Crippen molar-refractivity contribution in [3.8, 4) is 0 Å². The second-order valence-corrected chi connectivity index (χ2v) is 5.71. The summed E-state index contributed by atoms with van der Waals surface area (Å²) in [6.07, 6.45) is 3.59. The van der Waals surface area contributed by atoms with E-state index in [-0.39, 0.29) is 17.1 Å². The highest BCUT2D eigenvalue weighted by Gasteiger charge is 2.20. The van der Waals surface area contributed by atoms with Gasteiger partial charge < -0.3 is 15.0 Å². The minimum Gasteiger partial charge on any atom is -0.465 e. The third-order valence-corrected chi connectivity index (χ3v) is 4.07. The number of aromatic nitrogens is 1. The Morgan fingerprint density at radius 3 is 2.76 bits per heavy atom. The number of anilines is 3. The van der Waals surface area contributed by atoms with Gasteiger partial charge in [0.25, 0.3) is 0 Å². The molecular formula is C17H18N4O4. The van der Waals surface area contributed by atoms with Gasteiger partial charge >= 0.3 is 11.7 Å². The van der Waals surface area contributed by atoms with Crippen molar-refractivity contribution in [3.05, 3.63) is 52.2 Å². The number of ether oxygens (including phenoxy) is 1. The van der Waals surface area contributed by atoms with Crippen molar-refractivity contribution < 1.29 is 14.5 Å². The molecule has 1 aromatic heterocycles. The fourth-order valence-electron chi connectivity index (χ4n) is 2.81. The number of carbonyl (C=O) groups excluding carboxylic acids is 1. The minimum absolute atomic E-state index is 0.0329. The lowest BCUT2D eigenvalue weighted by Crippen LogP contribution is -2.17. The van der Waals surface area contributed by atoms with Crippen molar-refractivity contribution >= 4 is 28.8 Å². The molecule has 0 saturated carbocycles. The van der Waals surface area contributed by atoms with Gasteiger partial charge in [-0.2, -0.15) is 0 Å². The summed E-state index contributed by atoms with van der Waals surface area (Å²) in [6, 6.07) is 8.82. The summed E-state index contributed by atoms with van der Waals surface area (Å²) in [5.41, 5.74) is 1.52. The molecule has 0 aliphatic carbocycles. The Balaban J connectivity index is 1.88. The van der Waals surface area contributed by atoms with Gasteiger partial charge in [-0.25, -0.2) is 9.78 Å². The molecule has 2 heterocycles. The molecule has 3 rings (SSSR count). The molecular weight excluding hydrogens is 324 g/mol. The number of methoxy groups -OCH3 is 1. The second kappa shape index (κ2) is 7.16. The van der Waals surface area contributed by atoms with Crippen molar-refractivity contribution in [2.75, 3.05) is 30.4 Å². The first-order chi connectivity index (χ1) is 12.1. The molecule has 8 nitrogen and oxygen atoms in total. The predicted octanol–water partition coefficient (Wildman–Crippen LogP) is 3.12. The van der Waals surface area contributed by atoms with Gasteiger partial charge in [0.2, 0.25) is 5.82 Å². The maximum atomic E-state index is 11.5. The summed E-state index contributed by atoms with van der Waals surface area (Å²) in [4.78, 5) is 28.6. The highest BCUT2D eigenvalue weighted by molar-refractivity contribution is 5.90. The van der Waals surface area contributed by atoms with Gasteiger partial charge in [-0.05, 0) is 31.0 Å². The Morgan fingerprint density at radius 2 is 2.08 bits per heavy atom. The Morgan fingerprint density at radius 1 is 1.32 bits per heavy atom. The highest BCUT2D eigenvalue weighted by atomic mass is 16.6. The SMILES string of the molecule is COC(=O)c1cnc(Nc2cccc(N3CCCC3)c2)c([N+](=O)[O-])c1. The van der Waals surface area contributed by atoms with Crippen molar-refractivity contribution in [2.24, 2.45) is 0 Å². The average Bonchev–Trinajstić information content (AvgIpc) is 3.16. The number of nitro groups is 1. The average molecular weight is 342 g/mol. The lowest BCUT2D eigenvalue weighted by Gasteiger charge is -2.18.